The SMILES string of the molecule is CC(c1cccs1)N(C)c1ccc(C(=N)N)nc1. The van der Waals surface area contributed by atoms with Crippen molar-refractivity contribution in [2.45, 2.75) is 13.0 Å². The monoisotopic (exact) mass is 260 g/mol. The summed E-state index contributed by atoms with van der Waals surface area (Å²) in [4.78, 5) is 7.64. The molecule has 1 unspecified atom stereocenters. The van der Waals surface area contributed by atoms with Crippen molar-refractivity contribution >= 4 is 22.9 Å². The Morgan fingerprint density at radius 1 is 1.44 bits per heavy atom. The Morgan fingerprint density at radius 2 is 2.22 bits per heavy atom. The fraction of sp³-hybridized carbons (Fsp3) is 0.231. The highest BCUT2D eigenvalue weighted by Crippen LogP contribution is 2.27. The Bertz CT molecular complexity index is 518. The summed E-state index contributed by atoms with van der Waals surface area (Å²) in [5.74, 6) is -0.00416. The van der Waals surface area contributed by atoms with Gasteiger partial charge in [-0.05, 0) is 30.5 Å². The van der Waals surface area contributed by atoms with Crippen molar-refractivity contribution in [3.8, 4) is 0 Å². The largest absolute Gasteiger partial charge is 0.382 e. The molecule has 0 bridgehead atoms. The van der Waals surface area contributed by atoms with Crippen LogP contribution in [0.3, 0.4) is 0 Å². The number of nitrogens with zero attached hydrogens (tertiary/aromatic N) is 2. The maximum Gasteiger partial charge on any atom is 0.141 e. The van der Waals surface area contributed by atoms with Gasteiger partial charge in [-0.2, -0.15) is 0 Å². The zero-order valence-electron chi connectivity index (χ0n) is 10.4. The highest BCUT2D eigenvalue weighted by atomic mass is 32.1. The topological polar surface area (TPSA) is 66.0 Å². The van der Waals surface area contributed by atoms with Gasteiger partial charge in [-0.1, -0.05) is 6.07 Å². The Balaban J connectivity index is 2.18. The quantitative estimate of drug-likeness (QED) is 0.656. The third-order valence-electron chi connectivity index (χ3n) is 2.97. The second kappa shape index (κ2) is 5.18. The van der Waals surface area contributed by atoms with Crippen LogP contribution in [0.15, 0.2) is 35.8 Å². The van der Waals surface area contributed by atoms with E-state index >= 15 is 0 Å². The number of thiophene rings is 1. The van der Waals surface area contributed by atoms with Crippen LogP contribution < -0.4 is 10.6 Å². The van der Waals surface area contributed by atoms with Gasteiger partial charge in [-0.3, -0.25) is 10.4 Å². The lowest BCUT2D eigenvalue weighted by Crippen LogP contribution is -2.21. The number of aromatic nitrogens is 1. The maximum absolute atomic E-state index is 7.31. The van der Waals surface area contributed by atoms with Crippen LogP contribution in [0.4, 0.5) is 5.69 Å². The second-order valence-electron chi connectivity index (χ2n) is 4.12. The summed E-state index contributed by atoms with van der Waals surface area (Å²) < 4.78 is 0. The van der Waals surface area contributed by atoms with Gasteiger partial charge < -0.3 is 10.6 Å². The molecule has 0 amide bonds. The molecule has 0 aliphatic heterocycles. The van der Waals surface area contributed by atoms with Gasteiger partial charge in [0.2, 0.25) is 0 Å². The van der Waals surface area contributed by atoms with E-state index < -0.39 is 0 Å². The van der Waals surface area contributed by atoms with Crippen LogP contribution in [0.2, 0.25) is 0 Å². The molecule has 0 saturated carbocycles. The lowest BCUT2D eigenvalue weighted by molar-refractivity contribution is 0.752. The van der Waals surface area contributed by atoms with Gasteiger partial charge >= 0.3 is 0 Å². The Morgan fingerprint density at radius 3 is 2.72 bits per heavy atom. The number of rotatable bonds is 4. The number of hydrogen-bond donors (Lipinski definition) is 2. The first-order chi connectivity index (χ1) is 8.59. The van der Waals surface area contributed by atoms with E-state index in [0.717, 1.165) is 5.69 Å². The van der Waals surface area contributed by atoms with E-state index in [0.29, 0.717) is 11.7 Å². The molecule has 94 valence electrons. The first kappa shape index (κ1) is 12.6. The van der Waals surface area contributed by atoms with E-state index in [1.54, 1.807) is 23.6 Å². The fourth-order valence-electron chi connectivity index (χ4n) is 1.70. The van der Waals surface area contributed by atoms with Crippen molar-refractivity contribution in [2.75, 3.05) is 11.9 Å². The molecule has 2 rings (SSSR count). The van der Waals surface area contributed by atoms with E-state index in [4.69, 9.17) is 11.1 Å². The highest BCUT2D eigenvalue weighted by molar-refractivity contribution is 7.10. The molecule has 0 saturated heterocycles. The summed E-state index contributed by atoms with van der Waals surface area (Å²) >= 11 is 1.75. The molecule has 4 nitrogen and oxygen atoms in total. The summed E-state index contributed by atoms with van der Waals surface area (Å²) in [5.41, 5.74) is 6.91. The second-order valence-corrected chi connectivity index (χ2v) is 5.10. The van der Waals surface area contributed by atoms with Crippen LogP contribution in [0.5, 0.6) is 0 Å². The number of nitrogen functional groups attached to an aromatic ring is 1. The summed E-state index contributed by atoms with van der Waals surface area (Å²) in [5, 5.41) is 9.39. The van der Waals surface area contributed by atoms with Crippen LogP contribution >= 0.6 is 11.3 Å². The number of pyridine rings is 1. The molecular weight excluding hydrogens is 244 g/mol. The van der Waals surface area contributed by atoms with Crippen LogP contribution in [-0.4, -0.2) is 17.9 Å². The third-order valence-corrected chi connectivity index (χ3v) is 4.01. The van der Waals surface area contributed by atoms with Gasteiger partial charge in [-0.15, -0.1) is 11.3 Å². The Kier molecular flexibility index (Phi) is 3.62. The smallest absolute Gasteiger partial charge is 0.141 e. The molecule has 5 heteroatoms. The van der Waals surface area contributed by atoms with Crippen molar-refractivity contribution in [1.29, 1.82) is 5.41 Å². The van der Waals surface area contributed by atoms with E-state index in [-0.39, 0.29) is 5.84 Å². The Hall–Kier alpha value is -1.88. The lowest BCUT2D eigenvalue weighted by Gasteiger charge is -2.26. The molecule has 1 atom stereocenters. The molecule has 0 aliphatic rings. The first-order valence-corrected chi connectivity index (χ1v) is 6.54. The minimum absolute atomic E-state index is 0.00416. The van der Waals surface area contributed by atoms with E-state index in [1.165, 1.54) is 4.88 Å². The van der Waals surface area contributed by atoms with Gasteiger partial charge in [0.05, 0.1) is 17.9 Å². The van der Waals surface area contributed by atoms with E-state index in [2.05, 4.69) is 34.3 Å². The Labute approximate surface area is 111 Å². The number of nitrogens with one attached hydrogen (secondary N) is 1. The van der Waals surface area contributed by atoms with Gasteiger partial charge in [-0.25, -0.2) is 0 Å². The van der Waals surface area contributed by atoms with Gasteiger partial charge in [0, 0.05) is 11.9 Å². The first-order valence-electron chi connectivity index (χ1n) is 5.66. The number of amidine groups is 1. The molecule has 0 spiro atoms. The molecule has 0 aliphatic carbocycles. The molecule has 2 aromatic rings. The highest BCUT2D eigenvalue weighted by Gasteiger charge is 2.13. The summed E-state index contributed by atoms with van der Waals surface area (Å²) in [6.45, 7) is 2.16. The summed E-state index contributed by atoms with van der Waals surface area (Å²) in [6, 6.07) is 8.20. The van der Waals surface area contributed by atoms with Crippen molar-refractivity contribution in [1.82, 2.24) is 4.98 Å². The van der Waals surface area contributed by atoms with Crippen LogP contribution in [-0.2, 0) is 0 Å². The van der Waals surface area contributed by atoms with Gasteiger partial charge in [0.25, 0.3) is 0 Å². The number of nitrogens with two attached hydrogens (primary N) is 1. The zero-order valence-corrected chi connectivity index (χ0v) is 11.2. The molecule has 3 N–H and O–H groups in total. The normalized spacial score (nSPS) is 12.1. The predicted octanol–water partition coefficient (Wildman–Crippen LogP) is 2.62. The summed E-state index contributed by atoms with van der Waals surface area (Å²) in [6.07, 6.45) is 1.75. The van der Waals surface area contributed by atoms with Crippen molar-refractivity contribution in [2.24, 2.45) is 5.73 Å². The molecule has 0 fully saturated rings. The molecular formula is C13H16N4S. The van der Waals surface area contributed by atoms with Crippen LogP contribution in [0.1, 0.15) is 23.5 Å². The van der Waals surface area contributed by atoms with Crippen molar-refractivity contribution in [3.05, 3.63) is 46.4 Å². The molecule has 0 aromatic carbocycles. The molecule has 2 heterocycles. The van der Waals surface area contributed by atoms with Gasteiger partial charge in [0.1, 0.15) is 11.5 Å². The molecule has 0 radical (unpaired) electrons. The van der Waals surface area contributed by atoms with Crippen molar-refractivity contribution < 1.29 is 0 Å². The summed E-state index contributed by atoms with van der Waals surface area (Å²) in [7, 11) is 2.04. The standard InChI is InChI=1S/C13H16N4S/c1-9(12-4-3-7-18-12)17(2)10-5-6-11(13(14)15)16-8-10/h3-9H,1-2H3,(H3,14,15). The van der Waals surface area contributed by atoms with E-state index in [1.807, 2.05) is 13.1 Å². The number of anilines is 1. The van der Waals surface area contributed by atoms with Crippen LogP contribution in [0.25, 0.3) is 0 Å². The average molecular weight is 260 g/mol. The van der Waals surface area contributed by atoms with Gasteiger partial charge in [0.15, 0.2) is 0 Å². The van der Waals surface area contributed by atoms with Crippen LogP contribution in [0, 0.1) is 5.41 Å². The molecule has 2 aromatic heterocycles. The fourth-order valence-corrected chi connectivity index (χ4v) is 2.52. The average Bonchev–Trinajstić information content (AvgIpc) is 2.91. The lowest BCUT2D eigenvalue weighted by atomic mass is 10.2. The zero-order chi connectivity index (χ0) is 13.1. The number of hydrogen-bond acceptors (Lipinski definition) is 4. The minimum atomic E-state index is -0.00416. The third kappa shape index (κ3) is 2.51. The predicted molar refractivity (Wildman–Crippen MR) is 76.4 cm³/mol. The van der Waals surface area contributed by atoms with E-state index in [9.17, 15) is 0 Å². The minimum Gasteiger partial charge on any atom is -0.382 e. The maximum atomic E-state index is 7.31. The molecule has 18 heavy (non-hydrogen) atoms. The van der Waals surface area contributed by atoms with Crippen molar-refractivity contribution in [3.63, 3.8) is 0 Å².